The van der Waals surface area contributed by atoms with Crippen LogP contribution in [0.1, 0.15) is 12.7 Å². The zero-order chi connectivity index (χ0) is 15.5. The van der Waals surface area contributed by atoms with Crippen LogP contribution in [0.5, 0.6) is 0 Å². The van der Waals surface area contributed by atoms with Gasteiger partial charge in [0.15, 0.2) is 0 Å². The van der Waals surface area contributed by atoms with Crippen LogP contribution in [-0.4, -0.2) is 53.8 Å². The van der Waals surface area contributed by atoms with Crippen LogP contribution in [0.25, 0.3) is 0 Å². The third-order valence-corrected chi connectivity index (χ3v) is 3.32. The highest BCUT2D eigenvalue weighted by atomic mass is 35.5. The number of anilines is 1. The van der Waals surface area contributed by atoms with Crippen LogP contribution >= 0.6 is 11.6 Å². The molecule has 118 valence electrons. The summed E-state index contributed by atoms with van der Waals surface area (Å²) in [6.07, 6.45) is -4.72. The van der Waals surface area contributed by atoms with Crippen molar-refractivity contribution >= 4 is 17.4 Å². The van der Waals surface area contributed by atoms with Crippen molar-refractivity contribution in [2.24, 2.45) is 0 Å². The van der Waals surface area contributed by atoms with Crippen molar-refractivity contribution in [2.75, 3.05) is 38.1 Å². The predicted molar refractivity (Wildman–Crippen MR) is 72.4 cm³/mol. The Balaban J connectivity index is 1.98. The van der Waals surface area contributed by atoms with Gasteiger partial charge in [0.05, 0.1) is 12.7 Å². The molecule has 0 bridgehead atoms. The number of ether oxygens (including phenoxy) is 1. The van der Waals surface area contributed by atoms with Gasteiger partial charge in [-0.2, -0.15) is 13.2 Å². The molecule has 5 nitrogen and oxygen atoms in total. The molecule has 21 heavy (non-hydrogen) atoms. The van der Waals surface area contributed by atoms with E-state index in [1.807, 2.05) is 0 Å². The first kappa shape index (κ1) is 16.3. The smallest absolute Gasteiger partial charge is 0.374 e. The van der Waals surface area contributed by atoms with Gasteiger partial charge in [-0.3, -0.25) is 4.90 Å². The van der Waals surface area contributed by atoms with Crippen LogP contribution in [-0.2, 0) is 10.9 Å². The summed E-state index contributed by atoms with van der Waals surface area (Å²) in [4.78, 5) is 8.81. The second-order valence-corrected chi connectivity index (χ2v) is 5.05. The van der Waals surface area contributed by atoms with Crippen molar-refractivity contribution in [1.82, 2.24) is 14.9 Å². The molecule has 9 heteroatoms. The number of halogens is 4. The van der Waals surface area contributed by atoms with Gasteiger partial charge in [0.1, 0.15) is 11.0 Å². The first-order valence-corrected chi connectivity index (χ1v) is 6.96. The zero-order valence-corrected chi connectivity index (χ0v) is 12.2. The molecule has 0 saturated carbocycles. The van der Waals surface area contributed by atoms with E-state index in [2.05, 4.69) is 27.1 Å². The topological polar surface area (TPSA) is 50.3 Å². The minimum atomic E-state index is -4.62. The van der Waals surface area contributed by atoms with Gasteiger partial charge in [0.25, 0.3) is 0 Å². The van der Waals surface area contributed by atoms with E-state index in [1.54, 1.807) is 0 Å². The molecule has 1 unspecified atom stereocenters. The Kier molecular flexibility index (Phi) is 5.23. The fourth-order valence-electron chi connectivity index (χ4n) is 2.04. The second kappa shape index (κ2) is 6.76. The average Bonchev–Trinajstić information content (AvgIpc) is 2.44. The summed E-state index contributed by atoms with van der Waals surface area (Å²) < 4.78 is 43.3. The number of rotatable bonds is 4. The van der Waals surface area contributed by atoms with Gasteiger partial charge < -0.3 is 10.1 Å². The Morgan fingerprint density at radius 3 is 2.90 bits per heavy atom. The fraction of sp³-hybridized carbons (Fsp3) is 0.667. The number of likely N-dealkylation sites (N-methyl/N-ethyl adjacent to an activating group) is 1. The predicted octanol–water partition coefficient (Wildman–Crippen LogP) is 2.28. The lowest BCUT2D eigenvalue weighted by Crippen LogP contribution is -2.45. The highest BCUT2D eigenvalue weighted by Gasteiger charge is 2.35. The standard InChI is InChI=1S/C12H16ClF3N4O/c1-2-20-3-4-21-8(7-20)6-17-10-5-9(13)18-11(19-10)12(14,15)16/h5,8H,2-4,6-7H2,1H3,(H,17,18,19). The highest BCUT2D eigenvalue weighted by Crippen LogP contribution is 2.28. The number of nitrogens with zero attached hydrogens (tertiary/aromatic N) is 3. The summed E-state index contributed by atoms with van der Waals surface area (Å²) >= 11 is 5.59. The summed E-state index contributed by atoms with van der Waals surface area (Å²) in [5.74, 6) is -1.21. The van der Waals surface area contributed by atoms with E-state index in [9.17, 15) is 13.2 Å². The van der Waals surface area contributed by atoms with E-state index in [4.69, 9.17) is 16.3 Å². The van der Waals surface area contributed by atoms with Gasteiger partial charge in [-0.25, -0.2) is 9.97 Å². The number of alkyl halides is 3. The van der Waals surface area contributed by atoms with Gasteiger partial charge in [-0.15, -0.1) is 0 Å². The summed E-state index contributed by atoms with van der Waals surface area (Å²) in [7, 11) is 0. The number of nitrogens with one attached hydrogen (secondary N) is 1. The lowest BCUT2D eigenvalue weighted by atomic mass is 10.2. The van der Waals surface area contributed by atoms with Gasteiger partial charge in [-0.05, 0) is 6.54 Å². The van der Waals surface area contributed by atoms with Crippen molar-refractivity contribution in [2.45, 2.75) is 19.2 Å². The molecular weight excluding hydrogens is 309 g/mol. The van der Waals surface area contributed by atoms with Crippen molar-refractivity contribution < 1.29 is 17.9 Å². The quantitative estimate of drug-likeness (QED) is 0.861. The van der Waals surface area contributed by atoms with E-state index >= 15 is 0 Å². The summed E-state index contributed by atoms with van der Waals surface area (Å²) in [6.45, 7) is 5.53. The molecule has 0 amide bonds. The third kappa shape index (κ3) is 4.69. The lowest BCUT2D eigenvalue weighted by molar-refractivity contribution is -0.144. The normalized spacial score (nSPS) is 20.5. The lowest BCUT2D eigenvalue weighted by Gasteiger charge is -2.32. The number of hydrogen-bond donors (Lipinski definition) is 1. The summed E-state index contributed by atoms with van der Waals surface area (Å²) in [5.41, 5.74) is 0. The minimum absolute atomic E-state index is 0.0412. The van der Waals surface area contributed by atoms with Gasteiger partial charge in [0, 0.05) is 25.7 Å². The van der Waals surface area contributed by atoms with Crippen molar-refractivity contribution in [3.05, 3.63) is 17.0 Å². The maximum Gasteiger partial charge on any atom is 0.451 e. The summed E-state index contributed by atoms with van der Waals surface area (Å²) in [5, 5.41) is 2.57. The molecule has 0 spiro atoms. The maximum atomic E-state index is 12.6. The molecule has 1 saturated heterocycles. The van der Waals surface area contributed by atoms with Crippen LogP contribution < -0.4 is 5.32 Å². The van der Waals surface area contributed by atoms with Gasteiger partial charge in [-0.1, -0.05) is 18.5 Å². The van der Waals surface area contributed by atoms with Crippen LogP contribution in [0.2, 0.25) is 5.15 Å². The van der Waals surface area contributed by atoms with Crippen LogP contribution in [0, 0.1) is 0 Å². The van der Waals surface area contributed by atoms with Crippen molar-refractivity contribution in [1.29, 1.82) is 0 Å². The molecular formula is C12H16ClF3N4O. The Bertz CT molecular complexity index is 486. The molecule has 0 aliphatic carbocycles. The largest absolute Gasteiger partial charge is 0.451 e. The number of aromatic nitrogens is 2. The average molecular weight is 325 g/mol. The molecule has 1 aromatic rings. The highest BCUT2D eigenvalue weighted by molar-refractivity contribution is 6.29. The van der Waals surface area contributed by atoms with Crippen molar-refractivity contribution in [3.8, 4) is 0 Å². The van der Waals surface area contributed by atoms with Gasteiger partial charge in [0.2, 0.25) is 5.82 Å². The first-order chi connectivity index (χ1) is 9.88. The van der Waals surface area contributed by atoms with Crippen molar-refractivity contribution in [3.63, 3.8) is 0 Å². The number of morpholine rings is 1. The Morgan fingerprint density at radius 1 is 1.48 bits per heavy atom. The Morgan fingerprint density at radius 2 is 2.24 bits per heavy atom. The monoisotopic (exact) mass is 324 g/mol. The van der Waals surface area contributed by atoms with E-state index in [1.165, 1.54) is 6.07 Å². The number of hydrogen-bond acceptors (Lipinski definition) is 5. The molecule has 2 rings (SSSR count). The van der Waals surface area contributed by atoms with Crippen LogP contribution in [0.4, 0.5) is 19.0 Å². The first-order valence-electron chi connectivity index (χ1n) is 6.58. The van der Waals surface area contributed by atoms with E-state index in [-0.39, 0.29) is 17.1 Å². The molecule has 1 aromatic heterocycles. The van der Waals surface area contributed by atoms with Gasteiger partial charge >= 0.3 is 6.18 Å². The maximum absolute atomic E-state index is 12.6. The van der Waals surface area contributed by atoms with Crippen LogP contribution in [0.3, 0.4) is 0 Å². The molecule has 0 aromatic carbocycles. The zero-order valence-electron chi connectivity index (χ0n) is 11.5. The molecule has 1 aliphatic heterocycles. The second-order valence-electron chi connectivity index (χ2n) is 4.66. The molecule has 1 N–H and O–H groups in total. The van der Waals surface area contributed by atoms with E-state index in [0.29, 0.717) is 13.2 Å². The van der Waals surface area contributed by atoms with Crippen LogP contribution in [0.15, 0.2) is 6.07 Å². The SMILES string of the molecule is CCN1CCOC(CNc2cc(Cl)nc(C(F)(F)F)n2)C1. The molecule has 1 atom stereocenters. The Hall–Kier alpha value is -1.12. The third-order valence-electron chi connectivity index (χ3n) is 3.13. The molecule has 1 aliphatic rings. The molecule has 2 heterocycles. The Labute approximate surface area is 125 Å². The van der Waals surface area contributed by atoms with E-state index < -0.39 is 12.0 Å². The molecule has 1 fully saturated rings. The molecule has 0 radical (unpaired) electrons. The van der Waals surface area contributed by atoms with E-state index in [0.717, 1.165) is 19.6 Å². The summed E-state index contributed by atoms with van der Waals surface area (Å²) in [6, 6.07) is 1.26. The minimum Gasteiger partial charge on any atom is -0.374 e. The fourth-order valence-corrected chi connectivity index (χ4v) is 2.23.